The lowest BCUT2D eigenvalue weighted by Gasteiger charge is -2.37. The lowest BCUT2D eigenvalue weighted by Crippen LogP contribution is -2.43. The van der Waals surface area contributed by atoms with Crippen molar-refractivity contribution in [3.05, 3.63) is 64.2 Å². The molecule has 0 radical (unpaired) electrons. The van der Waals surface area contributed by atoms with Crippen molar-refractivity contribution in [1.82, 2.24) is 20.1 Å². The molecule has 36 heavy (non-hydrogen) atoms. The molecule has 0 atom stereocenters. The number of aryl methyl sites for hydroxylation is 1. The molecule has 2 aliphatic rings. The Morgan fingerprint density at radius 2 is 1.94 bits per heavy atom. The molecule has 0 unspecified atom stereocenters. The van der Waals surface area contributed by atoms with Crippen LogP contribution in [0.25, 0.3) is 11.4 Å². The predicted octanol–water partition coefficient (Wildman–Crippen LogP) is 5.42. The summed E-state index contributed by atoms with van der Waals surface area (Å²) in [7, 11) is 0. The molecule has 7 nitrogen and oxygen atoms in total. The number of hydrogen-bond acceptors (Lipinski definition) is 5. The van der Waals surface area contributed by atoms with Crippen LogP contribution in [-0.2, 0) is 5.67 Å². The molecule has 186 valence electrons. The SMILES string of the molecule is CCOc1nnc(-c2cc(C(=O)N3CCC(F)(c4ccc(C#N)cc4)CC3)c(C)cc2C2CCC2)[nH]1. The van der Waals surface area contributed by atoms with Gasteiger partial charge in [0.05, 0.1) is 18.2 Å². The second-order valence-corrected chi connectivity index (χ2v) is 9.74. The van der Waals surface area contributed by atoms with E-state index in [-0.39, 0.29) is 18.7 Å². The highest BCUT2D eigenvalue weighted by atomic mass is 19.1. The normalized spacial score (nSPS) is 17.3. The van der Waals surface area contributed by atoms with Gasteiger partial charge in [-0.1, -0.05) is 29.7 Å². The van der Waals surface area contributed by atoms with E-state index in [1.54, 1.807) is 29.2 Å². The number of carbonyl (C=O) groups excluding carboxylic acids is 1. The van der Waals surface area contributed by atoms with Gasteiger partial charge in [0.1, 0.15) is 5.67 Å². The maximum Gasteiger partial charge on any atom is 0.314 e. The lowest BCUT2D eigenvalue weighted by atomic mass is 9.77. The quantitative estimate of drug-likeness (QED) is 0.501. The smallest absolute Gasteiger partial charge is 0.314 e. The van der Waals surface area contributed by atoms with Gasteiger partial charge >= 0.3 is 6.01 Å². The summed E-state index contributed by atoms with van der Waals surface area (Å²) in [6.45, 7) is 4.98. The fraction of sp³-hybridized carbons (Fsp3) is 0.429. The number of piperidine rings is 1. The van der Waals surface area contributed by atoms with E-state index in [2.05, 4.69) is 27.3 Å². The minimum absolute atomic E-state index is 0.0969. The number of H-pyrrole nitrogens is 1. The van der Waals surface area contributed by atoms with Crippen molar-refractivity contribution < 1.29 is 13.9 Å². The molecule has 2 aromatic carbocycles. The second-order valence-electron chi connectivity index (χ2n) is 9.74. The summed E-state index contributed by atoms with van der Waals surface area (Å²) >= 11 is 0. The summed E-state index contributed by atoms with van der Waals surface area (Å²) in [5.41, 5.74) is 3.14. The Hall–Kier alpha value is -3.73. The number of hydrogen-bond donors (Lipinski definition) is 1. The van der Waals surface area contributed by atoms with E-state index in [1.807, 2.05) is 19.9 Å². The molecule has 0 spiro atoms. The van der Waals surface area contributed by atoms with Crippen molar-refractivity contribution in [3.63, 3.8) is 0 Å². The monoisotopic (exact) mass is 487 g/mol. The zero-order valence-electron chi connectivity index (χ0n) is 20.7. The van der Waals surface area contributed by atoms with E-state index >= 15 is 4.39 Å². The first-order valence-corrected chi connectivity index (χ1v) is 12.6. The molecule has 3 aromatic rings. The van der Waals surface area contributed by atoms with Gasteiger partial charge in [0.2, 0.25) is 0 Å². The number of amides is 1. The number of ether oxygens (including phenoxy) is 1. The summed E-state index contributed by atoms with van der Waals surface area (Å²) in [4.78, 5) is 18.5. The van der Waals surface area contributed by atoms with E-state index < -0.39 is 5.67 Å². The minimum Gasteiger partial charge on any atom is -0.464 e. The summed E-state index contributed by atoms with van der Waals surface area (Å²) in [5.74, 6) is 0.940. The van der Waals surface area contributed by atoms with Gasteiger partial charge < -0.3 is 9.64 Å². The Morgan fingerprint density at radius 1 is 1.22 bits per heavy atom. The van der Waals surface area contributed by atoms with E-state index in [0.717, 1.165) is 24.0 Å². The third kappa shape index (κ3) is 4.46. The number of aromatic nitrogens is 3. The van der Waals surface area contributed by atoms with Crippen molar-refractivity contribution in [2.45, 2.75) is 57.5 Å². The number of nitrogens with one attached hydrogen (secondary N) is 1. The van der Waals surface area contributed by atoms with Crippen LogP contribution in [0.2, 0.25) is 0 Å². The molecule has 1 aliphatic heterocycles. The molecule has 1 saturated heterocycles. The minimum atomic E-state index is -1.51. The van der Waals surface area contributed by atoms with Crippen LogP contribution in [0.5, 0.6) is 6.01 Å². The molecule has 2 heterocycles. The lowest BCUT2D eigenvalue weighted by molar-refractivity contribution is 0.0421. The first-order valence-electron chi connectivity index (χ1n) is 12.6. The third-order valence-corrected chi connectivity index (χ3v) is 7.55. The third-order valence-electron chi connectivity index (χ3n) is 7.55. The largest absolute Gasteiger partial charge is 0.464 e. The van der Waals surface area contributed by atoms with E-state index in [0.29, 0.717) is 54.1 Å². The van der Waals surface area contributed by atoms with Gasteiger partial charge in [0.25, 0.3) is 5.91 Å². The zero-order chi connectivity index (χ0) is 25.3. The average Bonchev–Trinajstić information content (AvgIpc) is 3.32. The van der Waals surface area contributed by atoms with Gasteiger partial charge in [0.15, 0.2) is 5.82 Å². The van der Waals surface area contributed by atoms with Crippen LogP contribution in [0.4, 0.5) is 4.39 Å². The number of nitrogens with zero attached hydrogens (tertiary/aromatic N) is 4. The second kappa shape index (κ2) is 9.73. The van der Waals surface area contributed by atoms with Crippen LogP contribution in [0, 0.1) is 18.3 Å². The van der Waals surface area contributed by atoms with E-state index in [9.17, 15) is 4.79 Å². The zero-order valence-corrected chi connectivity index (χ0v) is 20.7. The number of alkyl halides is 1. The van der Waals surface area contributed by atoms with Crippen molar-refractivity contribution in [3.8, 4) is 23.5 Å². The Labute approximate surface area is 210 Å². The molecular formula is C28H30FN5O2. The molecule has 5 rings (SSSR count). The number of halogens is 1. The van der Waals surface area contributed by atoms with Gasteiger partial charge in [0, 0.05) is 37.1 Å². The van der Waals surface area contributed by atoms with Crippen molar-refractivity contribution in [2.24, 2.45) is 0 Å². The summed E-state index contributed by atoms with van der Waals surface area (Å²) in [5, 5.41) is 17.4. The summed E-state index contributed by atoms with van der Waals surface area (Å²) in [6.07, 6.45) is 3.87. The highest BCUT2D eigenvalue weighted by Crippen LogP contribution is 2.42. The van der Waals surface area contributed by atoms with Crippen LogP contribution in [-0.4, -0.2) is 45.7 Å². The van der Waals surface area contributed by atoms with Crippen molar-refractivity contribution in [2.75, 3.05) is 19.7 Å². The van der Waals surface area contributed by atoms with Crippen LogP contribution in [0.1, 0.15) is 77.6 Å². The number of rotatable bonds is 6. The van der Waals surface area contributed by atoms with Gasteiger partial charge in [-0.15, -0.1) is 5.10 Å². The fourth-order valence-electron chi connectivity index (χ4n) is 5.16. The highest BCUT2D eigenvalue weighted by molar-refractivity contribution is 5.97. The Balaban J connectivity index is 1.39. The van der Waals surface area contributed by atoms with Crippen LogP contribution in [0.3, 0.4) is 0 Å². The number of likely N-dealkylation sites (tertiary alicyclic amines) is 1. The Morgan fingerprint density at radius 3 is 2.56 bits per heavy atom. The molecule has 1 N–H and O–H groups in total. The number of benzene rings is 2. The highest BCUT2D eigenvalue weighted by Gasteiger charge is 2.38. The average molecular weight is 488 g/mol. The Kier molecular flexibility index (Phi) is 6.48. The van der Waals surface area contributed by atoms with Gasteiger partial charge in [-0.05, 0) is 67.5 Å². The van der Waals surface area contributed by atoms with Gasteiger partial charge in [-0.25, -0.2) is 4.39 Å². The topological polar surface area (TPSA) is 94.9 Å². The maximum atomic E-state index is 15.7. The molecule has 1 aliphatic carbocycles. The van der Waals surface area contributed by atoms with E-state index in [1.165, 1.54) is 12.0 Å². The molecule has 1 saturated carbocycles. The molecular weight excluding hydrogens is 457 g/mol. The van der Waals surface area contributed by atoms with Crippen molar-refractivity contribution in [1.29, 1.82) is 5.26 Å². The molecule has 1 amide bonds. The molecule has 1 aromatic heterocycles. The van der Waals surface area contributed by atoms with E-state index in [4.69, 9.17) is 10.00 Å². The Bertz CT molecular complexity index is 1300. The fourth-order valence-corrected chi connectivity index (χ4v) is 5.16. The maximum absolute atomic E-state index is 15.7. The number of carbonyl (C=O) groups is 1. The predicted molar refractivity (Wildman–Crippen MR) is 133 cm³/mol. The molecule has 8 heteroatoms. The number of aromatic amines is 1. The molecule has 2 fully saturated rings. The summed E-state index contributed by atoms with van der Waals surface area (Å²) < 4.78 is 21.2. The first kappa shape index (κ1) is 24.0. The van der Waals surface area contributed by atoms with Crippen molar-refractivity contribution >= 4 is 5.91 Å². The van der Waals surface area contributed by atoms with Gasteiger partial charge in [-0.2, -0.15) is 5.26 Å². The number of nitriles is 1. The standard InChI is InChI=1S/C28H30FN5O2/c1-3-36-27-31-25(32-33-27)24-16-22(18(2)15-23(24)20-5-4-6-20)26(35)34-13-11-28(29,12-14-34)21-9-7-19(17-30)8-10-21/h7-10,15-16,20H,3-6,11-14H2,1-2H3,(H,31,32,33). The van der Waals surface area contributed by atoms with Gasteiger partial charge in [-0.3, -0.25) is 9.78 Å². The molecule has 0 bridgehead atoms. The summed E-state index contributed by atoms with van der Waals surface area (Å²) in [6, 6.07) is 13.1. The van der Waals surface area contributed by atoms with Crippen LogP contribution in [0.15, 0.2) is 36.4 Å². The van der Waals surface area contributed by atoms with Crippen LogP contribution >= 0.6 is 0 Å². The van der Waals surface area contributed by atoms with Crippen LogP contribution < -0.4 is 4.74 Å². The first-order chi connectivity index (χ1) is 17.4.